The van der Waals surface area contributed by atoms with Gasteiger partial charge in [0.1, 0.15) is 17.3 Å². The van der Waals surface area contributed by atoms with Gasteiger partial charge in [0.05, 0.1) is 16.8 Å². The van der Waals surface area contributed by atoms with Gasteiger partial charge in [0.2, 0.25) is 0 Å². The van der Waals surface area contributed by atoms with Gasteiger partial charge in [-0.3, -0.25) is 4.79 Å². The molecule has 0 fully saturated rings. The van der Waals surface area contributed by atoms with E-state index in [1.165, 1.54) is 36.4 Å². The van der Waals surface area contributed by atoms with Gasteiger partial charge in [-0.2, -0.15) is 23.0 Å². The molecule has 0 aliphatic carbocycles. The van der Waals surface area contributed by atoms with E-state index in [9.17, 15) is 26.9 Å². The van der Waals surface area contributed by atoms with Gasteiger partial charge >= 0.3 is 6.18 Å². The summed E-state index contributed by atoms with van der Waals surface area (Å²) in [5, 5.41) is 4.22. The highest BCUT2D eigenvalue weighted by atomic mass is 32.2. The largest absolute Gasteiger partial charge is 0.611 e. The van der Waals surface area contributed by atoms with Crippen molar-refractivity contribution >= 4 is 11.2 Å². The topological polar surface area (TPSA) is 58.0 Å². The van der Waals surface area contributed by atoms with Crippen LogP contribution >= 0.6 is 0 Å². The van der Waals surface area contributed by atoms with Gasteiger partial charge in [0, 0.05) is 12.5 Å². The van der Waals surface area contributed by atoms with Gasteiger partial charge < -0.3 is 4.55 Å². The van der Waals surface area contributed by atoms with E-state index in [1.54, 1.807) is 0 Å². The van der Waals surface area contributed by atoms with Crippen molar-refractivity contribution in [3.05, 3.63) is 75.8 Å². The lowest BCUT2D eigenvalue weighted by atomic mass is 10.0. The second kappa shape index (κ2) is 6.75. The number of hydrogen-bond donors (Lipinski definition) is 0. The number of aryl methyl sites for hydroxylation is 1. The van der Waals surface area contributed by atoms with Crippen molar-refractivity contribution in [1.82, 2.24) is 9.78 Å². The van der Waals surface area contributed by atoms with E-state index in [0.29, 0.717) is 10.5 Å². The summed E-state index contributed by atoms with van der Waals surface area (Å²) in [6, 6.07) is 9.24. The van der Waals surface area contributed by atoms with Crippen molar-refractivity contribution in [3.63, 3.8) is 0 Å². The van der Waals surface area contributed by atoms with Crippen molar-refractivity contribution in [2.24, 2.45) is 0 Å². The molecule has 28 heavy (non-hydrogen) atoms. The first kappa shape index (κ1) is 18.7. The summed E-state index contributed by atoms with van der Waals surface area (Å²) < 4.78 is 66.1. The number of alkyl halides is 3. The number of hydrogen-bond acceptors (Lipinski definition) is 3. The van der Waals surface area contributed by atoms with Crippen LogP contribution in [0.25, 0.3) is 16.9 Å². The summed E-state index contributed by atoms with van der Waals surface area (Å²) in [7, 11) is 0. The van der Waals surface area contributed by atoms with Crippen molar-refractivity contribution in [2.75, 3.05) is 5.75 Å². The number of rotatable bonds is 1. The van der Waals surface area contributed by atoms with Crippen molar-refractivity contribution in [3.8, 4) is 16.9 Å². The minimum Gasteiger partial charge on any atom is -0.611 e. The Morgan fingerprint density at radius 3 is 2.64 bits per heavy atom. The highest BCUT2D eigenvalue weighted by molar-refractivity contribution is 7.91. The molecule has 144 valence electrons. The molecular weight excluding hydrogens is 396 g/mol. The van der Waals surface area contributed by atoms with Gasteiger partial charge in [0.15, 0.2) is 4.90 Å². The fourth-order valence-corrected chi connectivity index (χ4v) is 4.35. The predicted molar refractivity (Wildman–Crippen MR) is 95.2 cm³/mol. The van der Waals surface area contributed by atoms with E-state index < -0.39 is 34.3 Å². The van der Waals surface area contributed by atoms with Crippen molar-refractivity contribution in [2.45, 2.75) is 17.5 Å². The highest BCUT2D eigenvalue weighted by Gasteiger charge is 2.31. The van der Waals surface area contributed by atoms with Crippen molar-refractivity contribution in [1.29, 1.82) is 0 Å². The Labute approximate surface area is 159 Å². The summed E-state index contributed by atoms with van der Waals surface area (Å²) >= 11 is -1.41. The molecule has 1 aromatic heterocycles. The smallest absolute Gasteiger partial charge is 0.416 e. The molecule has 0 N–H and O–H groups in total. The zero-order valence-corrected chi connectivity index (χ0v) is 15.0. The Morgan fingerprint density at radius 2 is 1.89 bits per heavy atom. The maximum absolute atomic E-state index is 13.8. The average molecular weight is 408 g/mol. The number of nitrogens with zero attached hydrogens (tertiary/aromatic N) is 2. The quantitative estimate of drug-likeness (QED) is 0.456. The Bertz CT molecular complexity index is 1130. The molecule has 2 heterocycles. The minimum atomic E-state index is -4.57. The van der Waals surface area contributed by atoms with E-state index in [-0.39, 0.29) is 29.1 Å². The molecule has 4 rings (SSSR count). The van der Waals surface area contributed by atoms with Crippen LogP contribution in [-0.4, -0.2) is 20.1 Å². The number of halogens is 4. The molecule has 3 aromatic rings. The molecule has 1 unspecified atom stereocenters. The molecule has 0 spiro atoms. The normalized spacial score (nSPS) is 16.2. The Morgan fingerprint density at radius 1 is 1.11 bits per heavy atom. The van der Waals surface area contributed by atoms with E-state index in [0.717, 1.165) is 16.8 Å². The molecule has 0 saturated heterocycles. The molecule has 4 nitrogen and oxygen atoms in total. The number of fused-ring (bicyclic) bond motifs is 3. The fraction of sp³-hybridized carbons (Fsp3) is 0.158. The zero-order chi connectivity index (χ0) is 20.1. The first-order valence-corrected chi connectivity index (χ1v) is 9.55. The third kappa shape index (κ3) is 3.31. The second-order valence-corrected chi connectivity index (χ2v) is 7.80. The summed E-state index contributed by atoms with van der Waals surface area (Å²) in [5.74, 6) is -0.331. The van der Waals surface area contributed by atoms with Crippen LogP contribution in [0.2, 0.25) is 0 Å². The number of aromatic nitrogens is 2. The monoisotopic (exact) mass is 408 g/mol. The first-order chi connectivity index (χ1) is 13.2. The Kier molecular flexibility index (Phi) is 4.51. The molecule has 2 aromatic carbocycles. The molecule has 9 heteroatoms. The van der Waals surface area contributed by atoms with Crippen LogP contribution in [0.3, 0.4) is 0 Å². The standard InChI is InChI=1S/C19H12F4N2O2S/c20-13-4-5-16-15(10-13)18-11(6-7-28(16)27)8-17(26)25(24-18)14-3-1-2-12(9-14)19(21,22)23/h1-5,8-10H,6-7H2. The second-order valence-electron chi connectivity index (χ2n) is 6.26. The number of benzene rings is 2. The molecule has 0 amide bonds. The molecular formula is C19H12F4N2O2S. The molecule has 0 bridgehead atoms. The predicted octanol–water partition coefficient (Wildman–Crippen LogP) is 3.72. The van der Waals surface area contributed by atoms with E-state index >= 15 is 0 Å². The van der Waals surface area contributed by atoms with Crippen LogP contribution in [0.4, 0.5) is 17.6 Å². The van der Waals surface area contributed by atoms with Crippen LogP contribution in [0.1, 0.15) is 11.1 Å². The van der Waals surface area contributed by atoms with Crippen LogP contribution in [-0.2, 0) is 23.8 Å². The van der Waals surface area contributed by atoms with Crippen molar-refractivity contribution < 1.29 is 22.1 Å². The van der Waals surface area contributed by atoms with E-state index in [4.69, 9.17) is 0 Å². The van der Waals surface area contributed by atoms with E-state index in [2.05, 4.69) is 5.10 Å². The maximum atomic E-state index is 13.8. The molecule has 1 atom stereocenters. The zero-order valence-electron chi connectivity index (χ0n) is 14.2. The Hall–Kier alpha value is -2.65. The summed E-state index contributed by atoms with van der Waals surface area (Å²) in [5.41, 5.74) is -0.620. The third-order valence-electron chi connectivity index (χ3n) is 4.43. The molecule has 0 saturated carbocycles. The lowest BCUT2D eigenvalue weighted by Gasteiger charge is -2.13. The van der Waals surface area contributed by atoms with Crippen LogP contribution in [0.5, 0.6) is 0 Å². The van der Waals surface area contributed by atoms with Crippen LogP contribution in [0.15, 0.2) is 58.2 Å². The fourth-order valence-electron chi connectivity index (χ4n) is 3.11. The highest BCUT2D eigenvalue weighted by Crippen LogP contribution is 2.34. The SMILES string of the molecule is O=c1cc2c(nn1-c1cccc(C(F)(F)F)c1)-c1cc(F)ccc1[S+]([O-])CC2. The summed E-state index contributed by atoms with van der Waals surface area (Å²) in [6.07, 6.45) is -4.29. The van der Waals surface area contributed by atoms with Gasteiger partial charge in [-0.1, -0.05) is 6.07 Å². The average Bonchev–Trinajstić information content (AvgIpc) is 2.77. The lowest BCUT2D eigenvalue weighted by molar-refractivity contribution is -0.137. The summed E-state index contributed by atoms with van der Waals surface area (Å²) in [4.78, 5) is 12.9. The van der Waals surface area contributed by atoms with Gasteiger partial charge in [-0.25, -0.2) is 4.39 Å². The maximum Gasteiger partial charge on any atom is 0.416 e. The van der Waals surface area contributed by atoms with Crippen LogP contribution < -0.4 is 5.56 Å². The van der Waals surface area contributed by atoms with Crippen LogP contribution in [0, 0.1) is 5.82 Å². The van der Waals surface area contributed by atoms with E-state index in [1.807, 2.05) is 0 Å². The minimum absolute atomic E-state index is 0.0639. The molecule has 1 aliphatic rings. The van der Waals surface area contributed by atoms with Gasteiger partial charge in [-0.05, 0) is 53.1 Å². The third-order valence-corrected chi connectivity index (χ3v) is 5.85. The summed E-state index contributed by atoms with van der Waals surface area (Å²) in [6.45, 7) is 0. The molecule has 0 radical (unpaired) electrons. The Balaban J connectivity index is 1.94. The molecule has 1 aliphatic heterocycles. The lowest BCUT2D eigenvalue weighted by Crippen LogP contribution is -2.23. The van der Waals surface area contributed by atoms with Gasteiger partial charge in [0.25, 0.3) is 5.56 Å². The van der Waals surface area contributed by atoms with Gasteiger partial charge in [-0.15, -0.1) is 0 Å². The first-order valence-electron chi connectivity index (χ1n) is 8.23.